The highest BCUT2D eigenvalue weighted by Gasteiger charge is 2.16. The molecule has 0 aliphatic heterocycles. The van der Waals surface area contributed by atoms with Crippen LogP contribution in [0, 0.1) is 0 Å². The Morgan fingerprint density at radius 1 is 1.44 bits per heavy atom. The van der Waals surface area contributed by atoms with E-state index in [1.54, 1.807) is 7.11 Å². The monoisotopic (exact) mass is 305 g/mol. The fourth-order valence-corrected chi connectivity index (χ4v) is 2.02. The average Bonchev–Trinajstić information content (AvgIpc) is 2.19. The van der Waals surface area contributed by atoms with Crippen molar-refractivity contribution in [3.63, 3.8) is 0 Å². The van der Waals surface area contributed by atoms with Gasteiger partial charge in [-0.2, -0.15) is 0 Å². The van der Waals surface area contributed by atoms with Crippen LogP contribution in [0.25, 0.3) is 0 Å². The Kier molecular flexibility index (Phi) is 5.25. The predicted molar refractivity (Wildman–Crippen MR) is 71.9 cm³/mol. The maximum Gasteiger partial charge on any atom is 0.0639 e. The zero-order valence-corrected chi connectivity index (χ0v) is 12.2. The van der Waals surface area contributed by atoms with Gasteiger partial charge in [0, 0.05) is 28.7 Å². The quantitative estimate of drug-likeness (QED) is 0.897. The maximum absolute atomic E-state index is 6.11. The molecule has 90 valence electrons. The summed E-state index contributed by atoms with van der Waals surface area (Å²) in [4.78, 5) is 0. The van der Waals surface area contributed by atoms with Crippen molar-refractivity contribution in [2.75, 3.05) is 13.7 Å². The molecule has 0 saturated carbocycles. The van der Waals surface area contributed by atoms with Crippen LogP contribution < -0.4 is 5.32 Å². The summed E-state index contributed by atoms with van der Waals surface area (Å²) < 4.78 is 6.18. The lowest BCUT2D eigenvalue weighted by Crippen LogP contribution is -2.42. The SMILES string of the molecule is COCC(C)(C)NCc1cc(Br)ccc1Cl. The molecule has 0 spiro atoms. The summed E-state index contributed by atoms with van der Waals surface area (Å²) in [6, 6.07) is 5.86. The second kappa shape index (κ2) is 6.01. The summed E-state index contributed by atoms with van der Waals surface area (Å²) in [5, 5.41) is 4.20. The molecule has 1 rings (SSSR count). The molecule has 0 aromatic heterocycles. The molecule has 0 saturated heterocycles. The highest BCUT2D eigenvalue weighted by molar-refractivity contribution is 9.10. The van der Waals surface area contributed by atoms with Gasteiger partial charge >= 0.3 is 0 Å². The van der Waals surface area contributed by atoms with Crippen LogP contribution in [-0.4, -0.2) is 19.3 Å². The summed E-state index contributed by atoms with van der Waals surface area (Å²) in [6.45, 7) is 5.60. The van der Waals surface area contributed by atoms with E-state index in [9.17, 15) is 0 Å². The third-order valence-electron chi connectivity index (χ3n) is 2.27. The van der Waals surface area contributed by atoms with Gasteiger partial charge in [-0.15, -0.1) is 0 Å². The fourth-order valence-electron chi connectivity index (χ4n) is 1.43. The van der Waals surface area contributed by atoms with Gasteiger partial charge in [0.25, 0.3) is 0 Å². The largest absolute Gasteiger partial charge is 0.383 e. The van der Waals surface area contributed by atoms with E-state index in [-0.39, 0.29) is 5.54 Å². The predicted octanol–water partition coefficient (Wildman–Crippen LogP) is 3.62. The molecular formula is C12H17BrClNO. The maximum atomic E-state index is 6.11. The number of nitrogens with one attached hydrogen (secondary N) is 1. The molecule has 0 bridgehead atoms. The van der Waals surface area contributed by atoms with E-state index in [0.717, 1.165) is 21.6 Å². The van der Waals surface area contributed by atoms with Crippen LogP contribution in [0.15, 0.2) is 22.7 Å². The Morgan fingerprint density at radius 3 is 2.75 bits per heavy atom. The lowest BCUT2D eigenvalue weighted by molar-refractivity contribution is 0.128. The second-order valence-corrected chi connectivity index (χ2v) is 5.73. The van der Waals surface area contributed by atoms with Crippen LogP contribution in [0.3, 0.4) is 0 Å². The first-order valence-corrected chi connectivity index (χ1v) is 6.29. The summed E-state index contributed by atoms with van der Waals surface area (Å²) in [5.74, 6) is 0. The van der Waals surface area contributed by atoms with Crippen molar-refractivity contribution in [1.29, 1.82) is 0 Å². The third-order valence-corrected chi connectivity index (χ3v) is 3.13. The summed E-state index contributed by atoms with van der Waals surface area (Å²) >= 11 is 9.55. The minimum Gasteiger partial charge on any atom is -0.383 e. The Labute approximate surface area is 110 Å². The summed E-state index contributed by atoms with van der Waals surface area (Å²) in [6.07, 6.45) is 0. The Bertz CT molecular complexity index is 355. The molecule has 2 nitrogen and oxygen atoms in total. The van der Waals surface area contributed by atoms with Crippen molar-refractivity contribution >= 4 is 27.5 Å². The molecule has 16 heavy (non-hydrogen) atoms. The van der Waals surface area contributed by atoms with E-state index >= 15 is 0 Å². The number of hydrogen-bond donors (Lipinski definition) is 1. The molecular weight excluding hydrogens is 289 g/mol. The Morgan fingerprint density at radius 2 is 2.12 bits per heavy atom. The Hall–Kier alpha value is -0.0900. The van der Waals surface area contributed by atoms with Gasteiger partial charge in [-0.05, 0) is 37.6 Å². The van der Waals surface area contributed by atoms with Crippen molar-refractivity contribution in [2.24, 2.45) is 0 Å². The molecule has 0 radical (unpaired) electrons. The van der Waals surface area contributed by atoms with Crippen LogP contribution in [-0.2, 0) is 11.3 Å². The molecule has 0 aliphatic carbocycles. The second-order valence-electron chi connectivity index (χ2n) is 4.41. The van der Waals surface area contributed by atoms with Gasteiger partial charge < -0.3 is 10.1 Å². The van der Waals surface area contributed by atoms with Gasteiger partial charge in [0.1, 0.15) is 0 Å². The van der Waals surface area contributed by atoms with E-state index in [1.165, 1.54) is 0 Å². The van der Waals surface area contributed by atoms with E-state index in [1.807, 2.05) is 18.2 Å². The van der Waals surface area contributed by atoms with Gasteiger partial charge in [-0.25, -0.2) is 0 Å². The summed E-state index contributed by atoms with van der Waals surface area (Å²) in [7, 11) is 1.70. The highest BCUT2D eigenvalue weighted by Crippen LogP contribution is 2.21. The first-order valence-electron chi connectivity index (χ1n) is 5.12. The molecule has 0 aliphatic rings. The van der Waals surface area contributed by atoms with E-state index in [4.69, 9.17) is 16.3 Å². The van der Waals surface area contributed by atoms with E-state index in [0.29, 0.717) is 6.61 Å². The molecule has 0 unspecified atom stereocenters. The molecule has 1 aromatic rings. The average molecular weight is 307 g/mol. The molecule has 4 heteroatoms. The first kappa shape index (κ1) is 14.0. The zero-order chi connectivity index (χ0) is 12.2. The van der Waals surface area contributed by atoms with Gasteiger partial charge in [0.15, 0.2) is 0 Å². The lowest BCUT2D eigenvalue weighted by Gasteiger charge is -2.25. The van der Waals surface area contributed by atoms with Gasteiger partial charge in [-0.3, -0.25) is 0 Å². The normalized spacial score (nSPS) is 11.8. The number of methoxy groups -OCH3 is 1. The van der Waals surface area contributed by atoms with Crippen molar-refractivity contribution in [1.82, 2.24) is 5.32 Å². The standard InChI is InChI=1S/C12H17BrClNO/c1-12(2,8-16-3)15-7-9-6-10(13)4-5-11(9)14/h4-6,15H,7-8H2,1-3H3. The minimum atomic E-state index is -0.0552. The van der Waals surface area contributed by atoms with Crippen molar-refractivity contribution in [2.45, 2.75) is 25.9 Å². The smallest absolute Gasteiger partial charge is 0.0639 e. The van der Waals surface area contributed by atoms with Crippen LogP contribution in [0.4, 0.5) is 0 Å². The van der Waals surface area contributed by atoms with Crippen LogP contribution in [0.2, 0.25) is 5.02 Å². The van der Waals surface area contributed by atoms with Gasteiger partial charge in [0.2, 0.25) is 0 Å². The third kappa shape index (κ3) is 4.42. The molecule has 1 aromatic carbocycles. The van der Waals surface area contributed by atoms with Gasteiger partial charge in [-0.1, -0.05) is 27.5 Å². The first-order chi connectivity index (χ1) is 7.44. The number of rotatable bonds is 5. The number of hydrogen-bond acceptors (Lipinski definition) is 2. The fraction of sp³-hybridized carbons (Fsp3) is 0.500. The topological polar surface area (TPSA) is 21.3 Å². The molecule has 0 amide bonds. The van der Waals surface area contributed by atoms with Crippen LogP contribution >= 0.6 is 27.5 Å². The Balaban J connectivity index is 2.63. The number of ether oxygens (including phenoxy) is 1. The van der Waals surface area contributed by atoms with Gasteiger partial charge in [0.05, 0.1) is 6.61 Å². The minimum absolute atomic E-state index is 0.0552. The number of benzene rings is 1. The molecule has 0 heterocycles. The van der Waals surface area contributed by atoms with Crippen LogP contribution in [0.1, 0.15) is 19.4 Å². The summed E-state index contributed by atoms with van der Waals surface area (Å²) in [5.41, 5.74) is 1.03. The van der Waals surface area contributed by atoms with E-state index in [2.05, 4.69) is 35.1 Å². The molecule has 0 atom stereocenters. The van der Waals surface area contributed by atoms with Crippen molar-refractivity contribution in [3.8, 4) is 0 Å². The van der Waals surface area contributed by atoms with Crippen LogP contribution in [0.5, 0.6) is 0 Å². The lowest BCUT2D eigenvalue weighted by atomic mass is 10.1. The number of halogens is 2. The molecule has 0 fully saturated rings. The van der Waals surface area contributed by atoms with Crippen molar-refractivity contribution < 1.29 is 4.74 Å². The van der Waals surface area contributed by atoms with Crippen molar-refractivity contribution in [3.05, 3.63) is 33.3 Å². The molecule has 1 N–H and O–H groups in total. The zero-order valence-electron chi connectivity index (χ0n) is 9.81. The highest BCUT2D eigenvalue weighted by atomic mass is 79.9. The van der Waals surface area contributed by atoms with E-state index < -0.39 is 0 Å².